The molecule has 6 heteroatoms. The molecular formula is C25H30FN3O2. The number of unbranched alkanes of at least 4 members (excludes halogenated alkanes) is 1. The molecule has 1 amide bonds. The van der Waals surface area contributed by atoms with Crippen LogP contribution in [0.25, 0.3) is 10.9 Å². The molecule has 164 valence electrons. The van der Waals surface area contributed by atoms with Crippen molar-refractivity contribution in [3.8, 4) is 0 Å². The average Bonchev–Trinajstić information content (AvgIpc) is 2.79. The van der Waals surface area contributed by atoms with Gasteiger partial charge in [-0.25, -0.2) is 9.37 Å². The zero-order valence-electron chi connectivity index (χ0n) is 18.5. The molecular weight excluding hydrogens is 393 g/mol. The number of para-hydroxylation sites is 1. The van der Waals surface area contributed by atoms with Gasteiger partial charge in [0.05, 0.1) is 16.9 Å². The van der Waals surface area contributed by atoms with Gasteiger partial charge in [-0.2, -0.15) is 0 Å². The Kier molecular flexibility index (Phi) is 7.55. The fraction of sp³-hybridized carbons (Fsp3) is 0.400. The molecule has 0 saturated heterocycles. The maximum atomic E-state index is 13.4. The SMILES string of the molecule is CCCCN(C(=O)c1ccc(F)cc1)C(CC)c1nc2ccccc2c(=O)n1CCC. The van der Waals surface area contributed by atoms with Crippen LogP contribution in [0.1, 0.15) is 68.7 Å². The Morgan fingerprint density at radius 2 is 1.77 bits per heavy atom. The number of halogens is 1. The monoisotopic (exact) mass is 423 g/mol. The van der Waals surface area contributed by atoms with Crippen molar-refractivity contribution in [2.75, 3.05) is 6.54 Å². The van der Waals surface area contributed by atoms with Crippen LogP contribution in [-0.4, -0.2) is 26.9 Å². The molecule has 3 rings (SSSR count). The quantitative estimate of drug-likeness (QED) is 0.467. The number of nitrogens with zero attached hydrogens (tertiary/aromatic N) is 3. The van der Waals surface area contributed by atoms with Crippen LogP contribution in [0.15, 0.2) is 53.3 Å². The maximum absolute atomic E-state index is 13.4. The molecule has 1 atom stereocenters. The van der Waals surface area contributed by atoms with E-state index in [9.17, 15) is 14.0 Å². The highest BCUT2D eigenvalue weighted by Crippen LogP contribution is 2.26. The zero-order valence-corrected chi connectivity index (χ0v) is 18.5. The molecule has 0 radical (unpaired) electrons. The lowest BCUT2D eigenvalue weighted by molar-refractivity contribution is 0.0653. The molecule has 0 bridgehead atoms. The van der Waals surface area contributed by atoms with Gasteiger partial charge < -0.3 is 4.90 Å². The van der Waals surface area contributed by atoms with Crippen LogP contribution in [0.3, 0.4) is 0 Å². The molecule has 1 aromatic heterocycles. The molecule has 2 aromatic carbocycles. The predicted molar refractivity (Wildman–Crippen MR) is 122 cm³/mol. The number of fused-ring (bicyclic) bond motifs is 1. The minimum absolute atomic E-state index is 0.0782. The molecule has 0 spiro atoms. The fourth-order valence-corrected chi connectivity index (χ4v) is 3.91. The molecule has 1 heterocycles. The van der Waals surface area contributed by atoms with Gasteiger partial charge in [0.1, 0.15) is 11.6 Å². The first kappa shape index (κ1) is 22.7. The van der Waals surface area contributed by atoms with E-state index in [0.717, 1.165) is 19.3 Å². The van der Waals surface area contributed by atoms with Crippen LogP contribution in [0, 0.1) is 5.82 Å². The number of amides is 1. The van der Waals surface area contributed by atoms with Crippen molar-refractivity contribution in [1.82, 2.24) is 14.5 Å². The van der Waals surface area contributed by atoms with Gasteiger partial charge in [-0.3, -0.25) is 14.2 Å². The third-order valence-electron chi connectivity index (χ3n) is 5.50. The van der Waals surface area contributed by atoms with Crippen LogP contribution in [0.4, 0.5) is 4.39 Å². The van der Waals surface area contributed by atoms with E-state index in [2.05, 4.69) is 6.92 Å². The van der Waals surface area contributed by atoms with Gasteiger partial charge in [0, 0.05) is 18.7 Å². The van der Waals surface area contributed by atoms with Gasteiger partial charge in [0.15, 0.2) is 0 Å². The summed E-state index contributed by atoms with van der Waals surface area (Å²) in [5.74, 6) is 0.0575. The first-order valence-electron chi connectivity index (χ1n) is 11.1. The lowest BCUT2D eigenvalue weighted by Gasteiger charge is -2.32. The Balaban J connectivity index is 2.14. The van der Waals surface area contributed by atoms with Gasteiger partial charge in [-0.05, 0) is 55.7 Å². The first-order valence-corrected chi connectivity index (χ1v) is 11.1. The second-order valence-electron chi connectivity index (χ2n) is 7.73. The Morgan fingerprint density at radius 1 is 1.06 bits per heavy atom. The highest BCUT2D eigenvalue weighted by Gasteiger charge is 2.28. The number of hydrogen-bond donors (Lipinski definition) is 0. The fourth-order valence-electron chi connectivity index (χ4n) is 3.91. The Morgan fingerprint density at radius 3 is 2.42 bits per heavy atom. The van der Waals surface area contributed by atoms with E-state index in [4.69, 9.17) is 4.98 Å². The van der Waals surface area contributed by atoms with E-state index < -0.39 is 0 Å². The predicted octanol–water partition coefficient (Wildman–Crippen LogP) is 5.34. The van der Waals surface area contributed by atoms with Crippen LogP contribution < -0.4 is 5.56 Å². The highest BCUT2D eigenvalue weighted by atomic mass is 19.1. The van der Waals surface area contributed by atoms with Crippen LogP contribution in [-0.2, 0) is 6.54 Å². The zero-order chi connectivity index (χ0) is 22.4. The minimum Gasteiger partial charge on any atom is -0.328 e. The van der Waals surface area contributed by atoms with E-state index in [-0.39, 0.29) is 23.3 Å². The van der Waals surface area contributed by atoms with Crippen molar-refractivity contribution < 1.29 is 9.18 Å². The van der Waals surface area contributed by atoms with Gasteiger partial charge in [0.2, 0.25) is 0 Å². The summed E-state index contributed by atoms with van der Waals surface area (Å²) in [6.45, 7) is 7.17. The third-order valence-corrected chi connectivity index (χ3v) is 5.50. The van der Waals surface area contributed by atoms with E-state index in [1.54, 1.807) is 15.5 Å². The first-order chi connectivity index (χ1) is 15.0. The maximum Gasteiger partial charge on any atom is 0.261 e. The minimum atomic E-state index is -0.378. The van der Waals surface area contributed by atoms with Crippen molar-refractivity contribution in [3.05, 3.63) is 76.1 Å². The normalized spacial score (nSPS) is 12.1. The Labute approximate surface area is 182 Å². The number of carbonyl (C=O) groups is 1. The molecule has 31 heavy (non-hydrogen) atoms. The molecule has 0 N–H and O–H groups in total. The molecule has 3 aromatic rings. The number of benzene rings is 2. The number of carbonyl (C=O) groups excluding carboxylic acids is 1. The van der Waals surface area contributed by atoms with Crippen molar-refractivity contribution in [1.29, 1.82) is 0 Å². The van der Waals surface area contributed by atoms with Crippen LogP contribution in [0.2, 0.25) is 0 Å². The highest BCUT2D eigenvalue weighted by molar-refractivity contribution is 5.94. The van der Waals surface area contributed by atoms with E-state index in [0.29, 0.717) is 41.8 Å². The largest absolute Gasteiger partial charge is 0.328 e. The number of aromatic nitrogens is 2. The smallest absolute Gasteiger partial charge is 0.261 e. The van der Waals surface area contributed by atoms with Crippen molar-refractivity contribution >= 4 is 16.8 Å². The summed E-state index contributed by atoms with van der Waals surface area (Å²) in [4.78, 5) is 33.3. The van der Waals surface area contributed by atoms with Gasteiger partial charge >= 0.3 is 0 Å². The Bertz CT molecular complexity index is 1090. The second-order valence-corrected chi connectivity index (χ2v) is 7.73. The Hall–Kier alpha value is -3.02. The molecule has 5 nitrogen and oxygen atoms in total. The van der Waals surface area contributed by atoms with E-state index in [1.165, 1.54) is 24.3 Å². The summed E-state index contributed by atoms with van der Waals surface area (Å²) in [5, 5.41) is 0.583. The molecule has 0 aliphatic carbocycles. The van der Waals surface area contributed by atoms with E-state index >= 15 is 0 Å². The summed E-state index contributed by atoms with van der Waals surface area (Å²) in [5.41, 5.74) is 0.990. The lowest BCUT2D eigenvalue weighted by atomic mass is 10.1. The molecule has 1 unspecified atom stereocenters. The molecule has 0 saturated carbocycles. The number of rotatable bonds is 9. The summed E-state index contributed by atoms with van der Waals surface area (Å²) < 4.78 is 15.1. The molecule has 0 aliphatic rings. The van der Waals surface area contributed by atoms with Crippen LogP contribution in [0.5, 0.6) is 0 Å². The average molecular weight is 424 g/mol. The summed E-state index contributed by atoms with van der Waals surface area (Å²) in [7, 11) is 0. The standard InChI is InChI=1S/C25H30FN3O2/c1-4-7-17-28(24(30)18-12-14-19(26)15-13-18)22(6-3)23-27-21-11-9-8-10-20(21)25(31)29(23)16-5-2/h8-15,22H,4-7,16-17H2,1-3H3. The van der Waals surface area contributed by atoms with Crippen molar-refractivity contribution in [2.24, 2.45) is 0 Å². The topological polar surface area (TPSA) is 55.2 Å². The van der Waals surface area contributed by atoms with Gasteiger partial charge in [0.25, 0.3) is 11.5 Å². The summed E-state index contributed by atoms with van der Waals surface area (Å²) in [6, 6.07) is 12.6. The van der Waals surface area contributed by atoms with Gasteiger partial charge in [-0.15, -0.1) is 0 Å². The second kappa shape index (κ2) is 10.3. The lowest BCUT2D eigenvalue weighted by Crippen LogP contribution is -2.39. The third kappa shape index (κ3) is 4.84. The van der Waals surface area contributed by atoms with Crippen LogP contribution >= 0.6 is 0 Å². The molecule has 0 aliphatic heterocycles. The van der Waals surface area contributed by atoms with Crippen molar-refractivity contribution in [3.63, 3.8) is 0 Å². The molecule has 0 fully saturated rings. The summed E-state index contributed by atoms with van der Waals surface area (Å²) >= 11 is 0. The number of hydrogen-bond acceptors (Lipinski definition) is 3. The van der Waals surface area contributed by atoms with E-state index in [1.807, 2.05) is 32.0 Å². The van der Waals surface area contributed by atoms with Crippen molar-refractivity contribution in [2.45, 2.75) is 59.0 Å². The van der Waals surface area contributed by atoms with Gasteiger partial charge in [-0.1, -0.05) is 39.3 Å². The summed E-state index contributed by atoms with van der Waals surface area (Å²) in [6.07, 6.45) is 3.15.